The molecule has 0 radical (unpaired) electrons. The lowest BCUT2D eigenvalue weighted by Crippen LogP contribution is -2.13. The molecule has 0 atom stereocenters. The van der Waals surface area contributed by atoms with Crippen LogP contribution < -0.4 is 10.1 Å². The number of ether oxygens (including phenoxy) is 1. The largest absolute Gasteiger partial charge is 0.454 e. The minimum Gasteiger partial charge on any atom is -0.454 e. The zero-order chi connectivity index (χ0) is 14.4. The molecule has 0 unspecified atom stereocenters. The molecule has 1 N–H and O–H groups in total. The molecule has 0 amide bonds. The van der Waals surface area contributed by atoms with Gasteiger partial charge in [0.15, 0.2) is 11.6 Å². The van der Waals surface area contributed by atoms with Crippen LogP contribution in [0, 0.1) is 12.7 Å². The smallest absolute Gasteiger partial charge is 0.168 e. The van der Waals surface area contributed by atoms with E-state index < -0.39 is 0 Å². The maximum atomic E-state index is 13.9. The summed E-state index contributed by atoms with van der Waals surface area (Å²) >= 11 is 0. The highest BCUT2D eigenvalue weighted by molar-refractivity contribution is 5.36. The van der Waals surface area contributed by atoms with Gasteiger partial charge < -0.3 is 10.1 Å². The zero-order valence-electron chi connectivity index (χ0n) is 11.9. The normalized spacial score (nSPS) is 10.6. The van der Waals surface area contributed by atoms with Crippen molar-refractivity contribution in [1.29, 1.82) is 0 Å². The summed E-state index contributed by atoms with van der Waals surface area (Å²) in [4.78, 5) is 0. The average molecular weight is 273 g/mol. The van der Waals surface area contributed by atoms with Gasteiger partial charge in [0.2, 0.25) is 0 Å². The van der Waals surface area contributed by atoms with Gasteiger partial charge >= 0.3 is 0 Å². The standard InChI is InChI=1S/C17H20FNO/c1-3-10-19-12-14-7-5-8-15(11-14)20-16-9-4-6-13(2)17(16)18/h4-9,11,19H,3,10,12H2,1-2H3. The molecule has 106 valence electrons. The molecule has 0 heterocycles. The Hall–Kier alpha value is -1.87. The highest BCUT2D eigenvalue weighted by atomic mass is 19.1. The van der Waals surface area contributed by atoms with Crippen LogP contribution in [0.3, 0.4) is 0 Å². The molecule has 0 aliphatic heterocycles. The third-order valence-electron chi connectivity index (χ3n) is 3.04. The summed E-state index contributed by atoms with van der Waals surface area (Å²) in [7, 11) is 0. The van der Waals surface area contributed by atoms with Gasteiger partial charge in [-0.2, -0.15) is 0 Å². The van der Waals surface area contributed by atoms with E-state index in [1.165, 1.54) is 0 Å². The van der Waals surface area contributed by atoms with Gasteiger partial charge in [-0.15, -0.1) is 0 Å². The van der Waals surface area contributed by atoms with Crippen molar-refractivity contribution in [3.63, 3.8) is 0 Å². The molecule has 2 aromatic carbocycles. The predicted molar refractivity (Wildman–Crippen MR) is 79.7 cm³/mol. The molecule has 2 nitrogen and oxygen atoms in total. The van der Waals surface area contributed by atoms with Gasteiger partial charge in [0.25, 0.3) is 0 Å². The molecule has 0 spiro atoms. The monoisotopic (exact) mass is 273 g/mol. The Balaban J connectivity index is 2.09. The van der Waals surface area contributed by atoms with Crippen LogP contribution in [-0.4, -0.2) is 6.54 Å². The summed E-state index contributed by atoms with van der Waals surface area (Å²) in [6.45, 7) is 5.64. The second-order valence-corrected chi connectivity index (χ2v) is 4.81. The minimum atomic E-state index is -0.304. The number of hydrogen-bond acceptors (Lipinski definition) is 2. The van der Waals surface area contributed by atoms with Crippen LogP contribution in [0.4, 0.5) is 4.39 Å². The SMILES string of the molecule is CCCNCc1cccc(Oc2cccc(C)c2F)c1. The molecule has 0 aromatic heterocycles. The van der Waals surface area contributed by atoms with E-state index >= 15 is 0 Å². The number of hydrogen-bond donors (Lipinski definition) is 1. The fourth-order valence-electron chi connectivity index (χ4n) is 1.95. The van der Waals surface area contributed by atoms with Crippen molar-refractivity contribution >= 4 is 0 Å². The molecule has 0 saturated carbocycles. The van der Waals surface area contributed by atoms with Gasteiger partial charge in [0, 0.05) is 6.54 Å². The topological polar surface area (TPSA) is 21.3 Å². The van der Waals surface area contributed by atoms with E-state index in [1.807, 2.05) is 24.3 Å². The molecule has 2 rings (SSSR count). The first-order valence-corrected chi connectivity index (χ1v) is 6.93. The number of aryl methyl sites for hydroxylation is 1. The van der Waals surface area contributed by atoms with Gasteiger partial charge in [-0.25, -0.2) is 4.39 Å². The Kier molecular flexibility index (Phi) is 5.13. The molecule has 0 aliphatic rings. The molecule has 3 heteroatoms. The molecule has 0 bridgehead atoms. The average Bonchev–Trinajstić information content (AvgIpc) is 2.45. The number of benzene rings is 2. The summed E-state index contributed by atoms with van der Waals surface area (Å²) < 4.78 is 19.5. The Morgan fingerprint density at radius 1 is 1.15 bits per heavy atom. The predicted octanol–water partition coefficient (Wildman–Crippen LogP) is 4.43. The highest BCUT2D eigenvalue weighted by Crippen LogP contribution is 2.26. The lowest BCUT2D eigenvalue weighted by atomic mass is 10.2. The molecule has 2 aromatic rings. The van der Waals surface area contributed by atoms with E-state index in [4.69, 9.17) is 4.74 Å². The van der Waals surface area contributed by atoms with E-state index in [-0.39, 0.29) is 11.6 Å². The third kappa shape index (κ3) is 3.81. The lowest BCUT2D eigenvalue weighted by molar-refractivity contribution is 0.439. The summed E-state index contributed by atoms with van der Waals surface area (Å²) in [5, 5.41) is 3.33. The van der Waals surface area contributed by atoms with Crippen molar-refractivity contribution in [1.82, 2.24) is 5.32 Å². The summed E-state index contributed by atoms with van der Waals surface area (Å²) in [5.74, 6) is 0.621. The molecular formula is C17H20FNO. The van der Waals surface area contributed by atoms with Crippen LogP contribution in [-0.2, 0) is 6.54 Å². The van der Waals surface area contributed by atoms with Crippen LogP contribution in [0.2, 0.25) is 0 Å². The van der Waals surface area contributed by atoms with Crippen molar-refractivity contribution in [2.24, 2.45) is 0 Å². The molecule has 0 fully saturated rings. The minimum absolute atomic E-state index is 0.267. The van der Waals surface area contributed by atoms with E-state index in [0.717, 1.165) is 25.1 Å². The van der Waals surface area contributed by atoms with E-state index in [9.17, 15) is 4.39 Å². The fraction of sp³-hybridized carbons (Fsp3) is 0.294. The number of rotatable bonds is 6. The van der Waals surface area contributed by atoms with Gasteiger partial charge in [0.1, 0.15) is 5.75 Å². The first kappa shape index (κ1) is 14.5. The van der Waals surface area contributed by atoms with Crippen LogP contribution >= 0.6 is 0 Å². The van der Waals surface area contributed by atoms with Crippen LogP contribution in [0.1, 0.15) is 24.5 Å². The Morgan fingerprint density at radius 3 is 2.75 bits per heavy atom. The maximum absolute atomic E-state index is 13.9. The van der Waals surface area contributed by atoms with Gasteiger partial charge in [-0.1, -0.05) is 31.2 Å². The Bertz CT molecular complexity index is 569. The van der Waals surface area contributed by atoms with E-state index in [0.29, 0.717) is 11.3 Å². The number of halogens is 1. The first-order valence-electron chi connectivity index (χ1n) is 6.93. The van der Waals surface area contributed by atoms with Gasteiger partial charge in [-0.3, -0.25) is 0 Å². The maximum Gasteiger partial charge on any atom is 0.168 e. The van der Waals surface area contributed by atoms with E-state index in [1.54, 1.807) is 25.1 Å². The molecule has 20 heavy (non-hydrogen) atoms. The summed E-state index contributed by atoms with van der Waals surface area (Å²) in [5.41, 5.74) is 1.72. The fourth-order valence-corrected chi connectivity index (χ4v) is 1.95. The Labute approximate surface area is 119 Å². The van der Waals surface area contributed by atoms with Crippen molar-refractivity contribution in [2.45, 2.75) is 26.8 Å². The van der Waals surface area contributed by atoms with Gasteiger partial charge in [-0.05, 0) is 49.2 Å². The lowest BCUT2D eigenvalue weighted by Gasteiger charge is -2.10. The summed E-state index contributed by atoms with van der Waals surface area (Å²) in [6, 6.07) is 12.9. The highest BCUT2D eigenvalue weighted by Gasteiger charge is 2.07. The molecular weight excluding hydrogens is 253 g/mol. The van der Waals surface area contributed by atoms with Crippen molar-refractivity contribution in [2.75, 3.05) is 6.54 Å². The second kappa shape index (κ2) is 7.06. The number of nitrogens with one attached hydrogen (secondary N) is 1. The second-order valence-electron chi connectivity index (χ2n) is 4.81. The van der Waals surface area contributed by atoms with Crippen molar-refractivity contribution < 1.29 is 9.13 Å². The van der Waals surface area contributed by atoms with Crippen LogP contribution in [0.5, 0.6) is 11.5 Å². The van der Waals surface area contributed by atoms with Crippen molar-refractivity contribution in [3.05, 3.63) is 59.4 Å². The van der Waals surface area contributed by atoms with Gasteiger partial charge in [0.05, 0.1) is 0 Å². The van der Waals surface area contributed by atoms with E-state index in [2.05, 4.69) is 12.2 Å². The third-order valence-corrected chi connectivity index (χ3v) is 3.04. The quantitative estimate of drug-likeness (QED) is 0.786. The van der Waals surface area contributed by atoms with Crippen molar-refractivity contribution in [3.8, 4) is 11.5 Å². The van der Waals surface area contributed by atoms with Crippen LogP contribution in [0.15, 0.2) is 42.5 Å². The van der Waals surface area contributed by atoms with Crippen LogP contribution in [0.25, 0.3) is 0 Å². The summed E-state index contributed by atoms with van der Waals surface area (Å²) in [6.07, 6.45) is 1.10. The zero-order valence-corrected chi connectivity index (χ0v) is 11.9. The molecule has 0 saturated heterocycles. The molecule has 0 aliphatic carbocycles. The Morgan fingerprint density at radius 2 is 1.95 bits per heavy atom. The first-order chi connectivity index (χ1) is 9.70.